The second kappa shape index (κ2) is 9.38. The molecular weight excluding hydrogens is 347 g/mol. The molecule has 0 spiro atoms. The van der Waals surface area contributed by atoms with Crippen LogP contribution in [0.3, 0.4) is 0 Å². The van der Waals surface area contributed by atoms with Gasteiger partial charge in [0, 0.05) is 18.7 Å². The molecule has 0 saturated heterocycles. The Morgan fingerprint density at radius 1 is 0.667 bits per heavy atom. The number of nitrogens with zero attached hydrogens (tertiary/aromatic N) is 1. The monoisotopic (exact) mass is 369 g/mol. The van der Waals surface area contributed by atoms with Crippen molar-refractivity contribution in [2.45, 2.75) is 25.9 Å². The standard InChI is InChI=1S/C23H22F3N/c24-21-10-8-19(9-11-21)16-27(14-4-7-18-5-2-1-3-6-18)17-20-15-22(25)12-13-23(20)26/h1-3,5-6,8-13,15H,4,7,14,16-17H2. The van der Waals surface area contributed by atoms with E-state index >= 15 is 0 Å². The summed E-state index contributed by atoms with van der Waals surface area (Å²) < 4.78 is 40.7. The van der Waals surface area contributed by atoms with E-state index in [0.29, 0.717) is 18.7 Å². The van der Waals surface area contributed by atoms with Gasteiger partial charge in [0.15, 0.2) is 0 Å². The number of benzene rings is 3. The van der Waals surface area contributed by atoms with E-state index < -0.39 is 11.6 Å². The van der Waals surface area contributed by atoms with Gasteiger partial charge in [-0.05, 0) is 60.8 Å². The maximum absolute atomic E-state index is 14.1. The Balaban J connectivity index is 1.69. The van der Waals surface area contributed by atoms with Gasteiger partial charge in [-0.25, -0.2) is 13.2 Å². The molecular formula is C23H22F3N. The van der Waals surface area contributed by atoms with Crippen LogP contribution < -0.4 is 0 Å². The molecule has 3 rings (SSSR count). The molecule has 3 aromatic rings. The van der Waals surface area contributed by atoms with Gasteiger partial charge in [0.1, 0.15) is 17.5 Å². The van der Waals surface area contributed by atoms with Gasteiger partial charge in [-0.3, -0.25) is 4.90 Å². The molecule has 0 aliphatic rings. The first-order chi connectivity index (χ1) is 13.1. The summed E-state index contributed by atoms with van der Waals surface area (Å²) in [5.41, 5.74) is 2.51. The average Bonchev–Trinajstić information content (AvgIpc) is 2.67. The molecule has 0 unspecified atom stereocenters. The molecule has 0 aliphatic carbocycles. The van der Waals surface area contributed by atoms with Crippen LogP contribution in [0, 0.1) is 17.5 Å². The summed E-state index contributed by atoms with van der Waals surface area (Å²) in [5, 5.41) is 0. The van der Waals surface area contributed by atoms with Gasteiger partial charge in [0.2, 0.25) is 0 Å². The van der Waals surface area contributed by atoms with Gasteiger partial charge in [-0.1, -0.05) is 42.5 Å². The van der Waals surface area contributed by atoms with Crippen molar-refractivity contribution in [1.82, 2.24) is 4.90 Å². The predicted octanol–water partition coefficient (Wildman–Crippen LogP) is 5.74. The zero-order valence-electron chi connectivity index (χ0n) is 15.0. The Morgan fingerprint density at radius 2 is 1.37 bits per heavy atom. The van der Waals surface area contributed by atoms with Crippen molar-refractivity contribution in [3.8, 4) is 0 Å². The van der Waals surface area contributed by atoms with E-state index in [0.717, 1.165) is 37.1 Å². The highest BCUT2D eigenvalue weighted by atomic mass is 19.1. The molecule has 0 saturated carbocycles. The third-order valence-electron chi connectivity index (χ3n) is 4.50. The lowest BCUT2D eigenvalue weighted by Crippen LogP contribution is -2.25. The highest BCUT2D eigenvalue weighted by Crippen LogP contribution is 2.16. The fourth-order valence-electron chi connectivity index (χ4n) is 3.12. The topological polar surface area (TPSA) is 3.24 Å². The van der Waals surface area contributed by atoms with Crippen molar-refractivity contribution in [3.05, 3.63) is 107 Å². The SMILES string of the molecule is Fc1ccc(CN(CCCc2ccccc2)Cc2cc(F)ccc2F)cc1. The van der Waals surface area contributed by atoms with E-state index in [1.54, 1.807) is 12.1 Å². The van der Waals surface area contributed by atoms with E-state index in [1.165, 1.54) is 23.8 Å². The highest BCUT2D eigenvalue weighted by molar-refractivity contribution is 5.20. The molecule has 1 nitrogen and oxygen atoms in total. The minimum atomic E-state index is -0.447. The third-order valence-corrected chi connectivity index (χ3v) is 4.50. The lowest BCUT2D eigenvalue weighted by molar-refractivity contribution is 0.249. The van der Waals surface area contributed by atoms with Crippen LogP contribution in [0.25, 0.3) is 0 Å². The fraction of sp³-hybridized carbons (Fsp3) is 0.217. The summed E-state index contributed by atoms with van der Waals surface area (Å²) in [6.45, 7) is 1.57. The molecule has 0 aliphatic heterocycles. The van der Waals surface area contributed by atoms with Crippen LogP contribution in [-0.2, 0) is 19.5 Å². The third kappa shape index (κ3) is 5.97. The van der Waals surface area contributed by atoms with Crippen LogP contribution in [0.15, 0.2) is 72.8 Å². The molecule has 0 aromatic heterocycles. The first-order valence-corrected chi connectivity index (χ1v) is 9.05. The van der Waals surface area contributed by atoms with Crippen LogP contribution in [0.1, 0.15) is 23.1 Å². The van der Waals surface area contributed by atoms with Crippen LogP contribution in [0.2, 0.25) is 0 Å². The predicted molar refractivity (Wildman–Crippen MR) is 102 cm³/mol. The van der Waals surface area contributed by atoms with Crippen molar-refractivity contribution in [3.63, 3.8) is 0 Å². The molecule has 0 bridgehead atoms. The lowest BCUT2D eigenvalue weighted by atomic mass is 10.1. The molecule has 0 radical (unpaired) electrons. The molecule has 0 N–H and O–H groups in total. The maximum Gasteiger partial charge on any atom is 0.127 e. The Hall–Kier alpha value is -2.59. The van der Waals surface area contributed by atoms with Gasteiger partial charge >= 0.3 is 0 Å². The number of aryl methyl sites for hydroxylation is 1. The van der Waals surface area contributed by atoms with Gasteiger partial charge in [0.25, 0.3) is 0 Å². The van der Waals surface area contributed by atoms with Crippen molar-refractivity contribution in [2.75, 3.05) is 6.54 Å². The fourth-order valence-corrected chi connectivity index (χ4v) is 3.12. The van der Waals surface area contributed by atoms with Gasteiger partial charge in [-0.2, -0.15) is 0 Å². The molecule has 0 atom stereocenters. The summed E-state index contributed by atoms with van der Waals surface area (Å²) in [7, 11) is 0. The normalized spacial score (nSPS) is 11.1. The summed E-state index contributed by atoms with van der Waals surface area (Å²) in [5.74, 6) is -1.15. The molecule has 0 heterocycles. The first kappa shape index (κ1) is 19.2. The molecule has 27 heavy (non-hydrogen) atoms. The summed E-state index contributed by atoms with van der Waals surface area (Å²) in [6.07, 6.45) is 1.80. The summed E-state index contributed by atoms with van der Waals surface area (Å²) in [4.78, 5) is 2.06. The quantitative estimate of drug-likeness (QED) is 0.489. The Morgan fingerprint density at radius 3 is 2.11 bits per heavy atom. The minimum Gasteiger partial charge on any atom is -0.295 e. The largest absolute Gasteiger partial charge is 0.295 e. The van der Waals surface area contributed by atoms with Crippen LogP contribution in [0.4, 0.5) is 13.2 Å². The smallest absolute Gasteiger partial charge is 0.127 e. The Kier molecular flexibility index (Phi) is 6.66. The van der Waals surface area contributed by atoms with E-state index in [4.69, 9.17) is 0 Å². The Bertz CT molecular complexity index is 847. The average molecular weight is 369 g/mol. The lowest BCUT2D eigenvalue weighted by Gasteiger charge is -2.23. The summed E-state index contributed by atoms with van der Waals surface area (Å²) >= 11 is 0. The van der Waals surface area contributed by atoms with E-state index in [2.05, 4.69) is 17.0 Å². The zero-order chi connectivity index (χ0) is 19.1. The number of rotatable bonds is 8. The second-order valence-corrected chi connectivity index (χ2v) is 6.66. The van der Waals surface area contributed by atoms with Crippen molar-refractivity contribution in [2.24, 2.45) is 0 Å². The molecule has 0 amide bonds. The van der Waals surface area contributed by atoms with Gasteiger partial charge in [-0.15, -0.1) is 0 Å². The maximum atomic E-state index is 14.1. The zero-order valence-corrected chi connectivity index (χ0v) is 15.0. The van der Waals surface area contributed by atoms with E-state index in [9.17, 15) is 13.2 Å². The number of hydrogen-bond donors (Lipinski definition) is 0. The van der Waals surface area contributed by atoms with E-state index in [-0.39, 0.29) is 5.82 Å². The van der Waals surface area contributed by atoms with Gasteiger partial charge in [0.05, 0.1) is 0 Å². The van der Waals surface area contributed by atoms with Crippen LogP contribution >= 0.6 is 0 Å². The van der Waals surface area contributed by atoms with Crippen LogP contribution in [0.5, 0.6) is 0 Å². The Labute approximate surface area is 158 Å². The minimum absolute atomic E-state index is 0.287. The molecule has 0 fully saturated rings. The molecule has 4 heteroatoms. The van der Waals surface area contributed by atoms with Crippen LogP contribution in [-0.4, -0.2) is 11.4 Å². The van der Waals surface area contributed by atoms with Crippen molar-refractivity contribution >= 4 is 0 Å². The van der Waals surface area contributed by atoms with E-state index in [1.807, 2.05) is 18.2 Å². The van der Waals surface area contributed by atoms with Crippen molar-refractivity contribution in [1.29, 1.82) is 0 Å². The number of hydrogen-bond acceptors (Lipinski definition) is 1. The first-order valence-electron chi connectivity index (χ1n) is 9.05. The molecule has 3 aromatic carbocycles. The summed E-state index contributed by atoms with van der Waals surface area (Å²) in [6, 6.07) is 20.0. The van der Waals surface area contributed by atoms with Crippen molar-refractivity contribution < 1.29 is 13.2 Å². The number of halogens is 3. The van der Waals surface area contributed by atoms with Gasteiger partial charge < -0.3 is 0 Å². The molecule has 140 valence electrons. The highest BCUT2D eigenvalue weighted by Gasteiger charge is 2.12. The second-order valence-electron chi connectivity index (χ2n) is 6.66.